The molecule has 0 unspecified atom stereocenters. The number of carbonyl (C=O) groups is 3. The number of benzene rings is 1. The Bertz CT molecular complexity index is 955. The first kappa shape index (κ1) is 16.9. The van der Waals surface area contributed by atoms with Crippen LogP contribution in [0.3, 0.4) is 0 Å². The second-order valence-electron chi connectivity index (χ2n) is 6.39. The van der Waals surface area contributed by atoms with Crippen molar-refractivity contribution in [3.63, 3.8) is 0 Å². The Labute approximate surface area is 153 Å². The molecule has 4 rings (SSSR count). The molecule has 1 fully saturated rings. The summed E-state index contributed by atoms with van der Waals surface area (Å²) in [6.07, 6.45) is 0. The van der Waals surface area contributed by atoms with E-state index in [2.05, 4.69) is 15.8 Å². The van der Waals surface area contributed by atoms with Crippen molar-refractivity contribution in [2.45, 2.75) is 19.4 Å². The van der Waals surface area contributed by atoms with Gasteiger partial charge in [0, 0.05) is 6.07 Å². The number of nitrogens with zero attached hydrogens (tertiary/aromatic N) is 2. The van der Waals surface area contributed by atoms with Gasteiger partial charge in [0.15, 0.2) is 17.3 Å². The van der Waals surface area contributed by atoms with E-state index >= 15 is 0 Å². The van der Waals surface area contributed by atoms with Gasteiger partial charge in [-0.3, -0.25) is 14.5 Å². The molecule has 2 aromatic rings. The van der Waals surface area contributed by atoms with Crippen molar-refractivity contribution in [1.29, 1.82) is 0 Å². The van der Waals surface area contributed by atoms with Crippen molar-refractivity contribution in [3.8, 4) is 11.5 Å². The van der Waals surface area contributed by atoms with Crippen LogP contribution < -0.4 is 20.1 Å². The van der Waals surface area contributed by atoms with Crippen LogP contribution in [0, 0.1) is 6.92 Å². The summed E-state index contributed by atoms with van der Waals surface area (Å²) >= 11 is 0. The van der Waals surface area contributed by atoms with Gasteiger partial charge in [0.25, 0.3) is 5.91 Å². The number of fused-ring (bicyclic) bond motifs is 1. The summed E-state index contributed by atoms with van der Waals surface area (Å²) in [6.45, 7) is 2.90. The van der Waals surface area contributed by atoms with Gasteiger partial charge in [-0.15, -0.1) is 0 Å². The summed E-state index contributed by atoms with van der Waals surface area (Å²) in [5.74, 6) is 0.685. The van der Waals surface area contributed by atoms with E-state index in [1.54, 1.807) is 32.0 Å². The van der Waals surface area contributed by atoms with Gasteiger partial charge in [-0.2, -0.15) is 0 Å². The topological polar surface area (TPSA) is 123 Å². The van der Waals surface area contributed by atoms with E-state index in [1.807, 2.05) is 0 Å². The van der Waals surface area contributed by atoms with Gasteiger partial charge >= 0.3 is 6.03 Å². The summed E-state index contributed by atoms with van der Waals surface area (Å²) < 4.78 is 15.4. The molecule has 4 amide bonds. The summed E-state index contributed by atoms with van der Waals surface area (Å²) in [4.78, 5) is 38.2. The highest BCUT2D eigenvalue weighted by atomic mass is 16.7. The minimum atomic E-state index is -1.32. The number of amides is 4. The van der Waals surface area contributed by atoms with Gasteiger partial charge in [0.05, 0.1) is 0 Å². The van der Waals surface area contributed by atoms with Crippen LogP contribution in [0.25, 0.3) is 0 Å². The van der Waals surface area contributed by atoms with Gasteiger partial charge in [-0.25, -0.2) is 4.79 Å². The number of carbonyl (C=O) groups excluding carboxylic acids is 3. The molecule has 10 heteroatoms. The monoisotopic (exact) mass is 372 g/mol. The Morgan fingerprint density at radius 3 is 2.81 bits per heavy atom. The van der Waals surface area contributed by atoms with E-state index in [4.69, 9.17) is 14.0 Å². The van der Waals surface area contributed by atoms with Gasteiger partial charge in [0.1, 0.15) is 17.8 Å². The molecule has 0 spiro atoms. The Kier molecular flexibility index (Phi) is 3.76. The number of rotatable bonds is 4. The molecule has 2 N–H and O–H groups in total. The average Bonchev–Trinajstić information content (AvgIpc) is 3.30. The maximum Gasteiger partial charge on any atom is 0.325 e. The van der Waals surface area contributed by atoms with E-state index in [0.717, 1.165) is 4.90 Å². The van der Waals surface area contributed by atoms with Crippen LogP contribution >= 0.6 is 0 Å². The van der Waals surface area contributed by atoms with Crippen molar-refractivity contribution < 1.29 is 28.4 Å². The highest BCUT2D eigenvalue weighted by molar-refractivity contribution is 6.10. The van der Waals surface area contributed by atoms with Crippen LogP contribution in [0.5, 0.6) is 11.5 Å². The van der Waals surface area contributed by atoms with Crippen LogP contribution in [-0.2, 0) is 15.1 Å². The molecule has 140 valence electrons. The third-order valence-electron chi connectivity index (χ3n) is 4.42. The molecule has 27 heavy (non-hydrogen) atoms. The molecule has 2 aliphatic rings. The summed E-state index contributed by atoms with van der Waals surface area (Å²) in [6, 6.07) is 5.85. The first-order valence-corrected chi connectivity index (χ1v) is 8.14. The molecule has 0 bridgehead atoms. The largest absolute Gasteiger partial charge is 0.454 e. The first-order valence-electron chi connectivity index (χ1n) is 8.14. The quantitative estimate of drug-likeness (QED) is 0.771. The van der Waals surface area contributed by atoms with Crippen molar-refractivity contribution in [2.75, 3.05) is 18.7 Å². The lowest BCUT2D eigenvalue weighted by atomic mass is 9.91. The maximum atomic E-state index is 12.9. The third-order valence-corrected chi connectivity index (χ3v) is 4.42. The second-order valence-corrected chi connectivity index (χ2v) is 6.39. The number of aryl methyl sites for hydroxylation is 1. The normalized spacial score (nSPS) is 20.7. The zero-order valence-electron chi connectivity index (χ0n) is 14.6. The summed E-state index contributed by atoms with van der Waals surface area (Å²) in [5, 5.41) is 8.76. The van der Waals surface area contributed by atoms with Gasteiger partial charge in [0.2, 0.25) is 12.7 Å². The van der Waals surface area contributed by atoms with Crippen LogP contribution in [0.1, 0.15) is 18.2 Å². The molecule has 1 aromatic heterocycles. The average molecular weight is 372 g/mol. The molecule has 2 aliphatic heterocycles. The zero-order chi connectivity index (χ0) is 19.2. The summed E-state index contributed by atoms with van der Waals surface area (Å²) in [5.41, 5.74) is -0.789. The first-order chi connectivity index (χ1) is 12.9. The third kappa shape index (κ3) is 2.84. The van der Waals surface area contributed by atoms with E-state index in [-0.39, 0.29) is 12.6 Å². The van der Waals surface area contributed by atoms with Crippen molar-refractivity contribution in [3.05, 3.63) is 35.6 Å². The van der Waals surface area contributed by atoms with Crippen LogP contribution in [0.2, 0.25) is 0 Å². The van der Waals surface area contributed by atoms with Crippen LogP contribution in [0.4, 0.5) is 10.6 Å². The lowest BCUT2D eigenvalue weighted by Crippen LogP contribution is -2.42. The number of ether oxygens (including phenoxy) is 2. The highest BCUT2D eigenvalue weighted by Gasteiger charge is 2.49. The molecular weight excluding hydrogens is 356 g/mol. The Hall–Kier alpha value is -3.56. The molecule has 0 aliphatic carbocycles. The fourth-order valence-corrected chi connectivity index (χ4v) is 3.00. The number of aromatic nitrogens is 1. The van der Waals surface area contributed by atoms with Crippen molar-refractivity contribution in [1.82, 2.24) is 15.4 Å². The fourth-order valence-electron chi connectivity index (χ4n) is 3.00. The second kappa shape index (κ2) is 6.01. The summed E-state index contributed by atoms with van der Waals surface area (Å²) in [7, 11) is 0. The van der Waals surface area contributed by atoms with Gasteiger partial charge < -0.3 is 24.6 Å². The molecule has 0 radical (unpaired) electrons. The molecule has 1 saturated heterocycles. The fraction of sp³-hybridized carbons (Fsp3) is 0.294. The van der Waals surface area contributed by atoms with E-state index < -0.39 is 29.9 Å². The molecule has 1 atom stereocenters. The SMILES string of the molecule is Cc1cc(NC(=O)CN2C(=O)N[C@](C)(c3ccc4c(c3)OCO4)C2=O)no1. The van der Waals surface area contributed by atoms with E-state index in [0.29, 0.717) is 22.8 Å². The lowest BCUT2D eigenvalue weighted by Gasteiger charge is -2.22. The Morgan fingerprint density at radius 2 is 2.07 bits per heavy atom. The predicted molar refractivity (Wildman–Crippen MR) is 90.0 cm³/mol. The van der Waals surface area contributed by atoms with Crippen LogP contribution in [0.15, 0.2) is 28.8 Å². The van der Waals surface area contributed by atoms with Crippen molar-refractivity contribution >= 4 is 23.7 Å². The zero-order valence-corrected chi connectivity index (χ0v) is 14.6. The van der Waals surface area contributed by atoms with Gasteiger partial charge in [-0.05, 0) is 31.5 Å². The number of nitrogens with one attached hydrogen (secondary N) is 2. The standard InChI is InChI=1S/C17H16N4O6/c1-9-5-13(20-27-9)18-14(22)7-21-15(23)17(2,19-16(21)24)10-3-4-11-12(6-10)26-8-25-11/h3-6H,7-8H2,1-2H3,(H,19,24)(H,18,20,22)/t17-/m1/s1. The van der Waals surface area contributed by atoms with Crippen LogP contribution in [-0.4, -0.2) is 41.2 Å². The van der Waals surface area contributed by atoms with E-state index in [9.17, 15) is 14.4 Å². The Balaban J connectivity index is 1.52. The van der Waals surface area contributed by atoms with Gasteiger partial charge in [-0.1, -0.05) is 11.2 Å². The number of hydrogen-bond acceptors (Lipinski definition) is 7. The number of hydrogen-bond donors (Lipinski definition) is 2. The smallest absolute Gasteiger partial charge is 0.325 e. The highest BCUT2D eigenvalue weighted by Crippen LogP contribution is 2.37. The van der Waals surface area contributed by atoms with Crippen molar-refractivity contribution in [2.24, 2.45) is 0 Å². The molecule has 1 aromatic carbocycles. The number of anilines is 1. The maximum absolute atomic E-state index is 12.9. The predicted octanol–water partition coefficient (Wildman–Crippen LogP) is 1.12. The molecule has 3 heterocycles. The molecular formula is C17H16N4O6. The minimum absolute atomic E-state index is 0.101. The lowest BCUT2D eigenvalue weighted by molar-refractivity contribution is -0.133. The minimum Gasteiger partial charge on any atom is -0.454 e. The number of imide groups is 1. The molecule has 10 nitrogen and oxygen atoms in total. The van der Waals surface area contributed by atoms with E-state index in [1.165, 1.54) is 6.07 Å². The molecule has 0 saturated carbocycles. The number of urea groups is 1. The Morgan fingerprint density at radius 1 is 1.30 bits per heavy atom.